The normalized spacial score (nSPS) is 15.6. The van der Waals surface area contributed by atoms with E-state index in [4.69, 9.17) is 11.6 Å². The molecule has 10 heteroatoms. The van der Waals surface area contributed by atoms with E-state index in [2.05, 4.69) is 10.1 Å². The molecule has 34 heavy (non-hydrogen) atoms. The first-order valence-electron chi connectivity index (χ1n) is 10.8. The van der Waals surface area contributed by atoms with Crippen LogP contribution in [-0.4, -0.2) is 53.9 Å². The van der Waals surface area contributed by atoms with Gasteiger partial charge in [0, 0.05) is 23.7 Å². The van der Waals surface area contributed by atoms with E-state index in [-0.39, 0.29) is 23.8 Å². The highest BCUT2D eigenvalue weighted by Gasteiger charge is 2.35. The molecular weight excluding hydrogens is 461 g/mol. The number of rotatable bonds is 4. The van der Waals surface area contributed by atoms with Gasteiger partial charge in [-0.05, 0) is 61.4 Å². The number of likely N-dealkylation sites (tertiary alicyclic amines) is 1. The van der Waals surface area contributed by atoms with E-state index in [0.717, 1.165) is 0 Å². The molecule has 0 atom stereocenters. The maximum Gasteiger partial charge on any atom is 0.264 e. The van der Waals surface area contributed by atoms with Crippen LogP contribution in [0.2, 0.25) is 5.02 Å². The molecule has 0 saturated carbocycles. The van der Waals surface area contributed by atoms with Crippen molar-refractivity contribution in [3.05, 3.63) is 87.8 Å². The fourth-order valence-corrected chi connectivity index (χ4v) is 4.33. The summed E-state index contributed by atoms with van der Waals surface area (Å²) in [5.41, 5.74) is -0.00548. The van der Waals surface area contributed by atoms with Crippen molar-refractivity contribution in [2.75, 3.05) is 13.1 Å². The molecule has 1 N–H and O–H groups in total. The summed E-state index contributed by atoms with van der Waals surface area (Å²) in [5.74, 6) is -0.489. The van der Waals surface area contributed by atoms with E-state index >= 15 is 0 Å². The summed E-state index contributed by atoms with van der Waals surface area (Å²) in [7, 11) is 0. The summed E-state index contributed by atoms with van der Waals surface area (Å²) >= 11 is 5.89. The van der Waals surface area contributed by atoms with Crippen LogP contribution in [0.4, 0.5) is 4.39 Å². The average Bonchev–Trinajstić information content (AvgIpc) is 3.27. The van der Waals surface area contributed by atoms with Crippen molar-refractivity contribution in [1.82, 2.24) is 24.2 Å². The Morgan fingerprint density at radius 2 is 1.76 bits per heavy atom. The molecule has 1 aliphatic rings. The van der Waals surface area contributed by atoms with Crippen molar-refractivity contribution in [3.63, 3.8) is 0 Å². The minimum atomic E-state index is -1.15. The fraction of sp³-hybridized carbons (Fsp3) is 0.250. The minimum Gasteiger partial charge on any atom is -0.388 e. The Hall–Kier alpha value is -3.56. The van der Waals surface area contributed by atoms with Crippen LogP contribution < -0.4 is 5.56 Å². The summed E-state index contributed by atoms with van der Waals surface area (Å²) in [6.45, 7) is 0.787. The van der Waals surface area contributed by atoms with Gasteiger partial charge in [0.05, 0.1) is 24.0 Å². The number of nitrogens with zero attached hydrogens (tertiary/aromatic N) is 5. The maximum atomic E-state index is 13.2. The van der Waals surface area contributed by atoms with Crippen molar-refractivity contribution in [3.8, 4) is 5.69 Å². The highest BCUT2D eigenvalue weighted by molar-refractivity contribution is 6.30. The number of fused-ring (bicyclic) bond motifs is 1. The van der Waals surface area contributed by atoms with E-state index < -0.39 is 5.60 Å². The third-order valence-electron chi connectivity index (χ3n) is 6.16. The Labute approximate surface area is 198 Å². The smallest absolute Gasteiger partial charge is 0.264 e. The highest BCUT2D eigenvalue weighted by atomic mass is 35.5. The largest absolute Gasteiger partial charge is 0.388 e. The summed E-state index contributed by atoms with van der Waals surface area (Å²) in [4.78, 5) is 31.8. The van der Waals surface area contributed by atoms with Gasteiger partial charge < -0.3 is 10.0 Å². The molecule has 2 aromatic carbocycles. The molecule has 0 radical (unpaired) electrons. The van der Waals surface area contributed by atoms with Crippen LogP contribution in [0.1, 0.15) is 23.2 Å². The Balaban J connectivity index is 1.32. The molecule has 1 fully saturated rings. The topological polar surface area (TPSA) is 93.2 Å². The van der Waals surface area contributed by atoms with E-state index in [1.807, 2.05) is 0 Å². The molecule has 1 saturated heterocycles. The lowest BCUT2D eigenvalue weighted by atomic mass is 9.91. The highest BCUT2D eigenvalue weighted by Crippen LogP contribution is 2.25. The third-order valence-corrected chi connectivity index (χ3v) is 6.41. The van der Waals surface area contributed by atoms with E-state index in [0.29, 0.717) is 53.2 Å². The third kappa shape index (κ3) is 4.20. The number of carbonyl (C=O) groups excluding carboxylic acids is 1. The molecule has 3 heterocycles. The van der Waals surface area contributed by atoms with Crippen molar-refractivity contribution in [2.24, 2.45) is 0 Å². The second kappa shape index (κ2) is 8.66. The Kier molecular flexibility index (Phi) is 5.66. The standard InChI is InChI=1S/C24H21ClFN5O3/c25-17-3-1-16(2-4-17)22(32)29-11-9-24(34,10-12-29)14-30-15-27-21-20(23(30)33)13-28-31(21)19-7-5-18(26)6-8-19/h1-8,13,15,34H,9-12,14H2. The van der Waals surface area contributed by atoms with Crippen molar-refractivity contribution in [2.45, 2.75) is 25.0 Å². The zero-order valence-corrected chi connectivity index (χ0v) is 18.8. The molecule has 5 rings (SSSR count). The lowest BCUT2D eigenvalue weighted by molar-refractivity contribution is -0.0299. The molecule has 0 bridgehead atoms. The van der Waals surface area contributed by atoms with Crippen molar-refractivity contribution >= 4 is 28.5 Å². The van der Waals surface area contributed by atoms with E-state index in [1.165, 1.54) is 33.9 Å². The van der Waals surface area contributed by atoms with E-state index in [9.17, 15) is 19.1 Å². The summed E-state index contributed by atoms with van der Waals surface area (Å²) in [6.07, 6.45) is 3.45. The molecule has 0 unspecified atom stereocenters. The second-order valence-corrected chi connectivity index (χ2v) is 8.91. The van der Waals surface area contributed by atoms with Gasteiger partial charge in [-0.25, -0.2) is 14.1 Å². The molecule has 8 nitrogen and oxygen atoms in total. The second-order valence-electron chi connectivity index (χ2n) is 8.47. The number of carbonyl (C=O) groups is 1. The number of benzene rings is 2. The van der Waals surface area contributed by atoms with Crippen LogP contribution in [-0.2, 0) is 6.54 Å². The van der Waals surface area contributed by atoms with Gasteiger partial charge in [-0.15, -0.1) is 0 Å². The Morgan fingerprint density at radius 1 is 1.09 bits per heavy atom. The SMILES string of the molecule is O=C(c1ccc(Cl)cc1)N1CCC(O)(Cn2cnc3c(cnn3-c3ccc(F)cc3)c2=O)CC1. The van der Waals surface area contributed by atoms with Gasteiger partial charge in [0.1, 0.15) is 17.5 Å². The van der Waals surface area contributed by atoms with Gasteiger partial charge in [-0.1, -0.05) is 11.6 Å². The summed E-state index contributed by atoms with van der Waals surface area (Å²) < 4.78 is 16.1. The van der Waals surface area contributed by atoms with Crippen LogP contribution in [0.5, 0.6) is 0 Å². The zero-order valence-electron chi connectivity index (χ0n) is 18.1. The van der Waals surface area contributed by atoms with E-state index in [1.54, 1.807) is 41.3 Å². The monoisotopic (exact) mass is 481 g/mol. The van der Waals surface area contributed by atoms with Crippen LogP contribution in [0.25, 0.3) is 16.7 Å². The van der Waals surface area contributed by atoms with Gasteiger partial charge in [-0.2, -0.15) is 5.10 Å². The van der Waals surface area contributed by atoms with Gasteiger partial charge in [-0.3, -0.25) is 14.2 Å². The van der Waals surface area contributed by atoms with Crippen molar-refractivity contribution < 1.29 is 14.3 Å². The van der Waals surface area contributed by atoms with Crippen LogP contribution in [0, 0.1) is 5.82 Å². The van der Waals surface area contributed by atoms with Crippen molar-refractivity contribution in [1.29, 1.82) is 0 Å². The molecule has 2 aromatic heterocycles. The maximum absolute atomic E-state index is 13.2. The predicted molar refractivity (Wildman–Crippen MR) is 125 cm³/mol. The molecule has 0 spiro atoms. The van der Waals surface area contributed by atoms with Gasteiger partial charge in [0.25, 0.3) is 11.5 Å². The zero-order chi connectivity index (χ0) is 23.9. The number of halogens is 2. The first-order valence-corrected chi connectivity index (χ1v) is 11.2. The number of aliphatic hydroxyl groups is 1. The molecule has 1 amide bonds. The number of piperidine rings is 1. The number of aromatic nitrogens is 4. The first kappa shape index (κ1) is 22.2. The summed E-state index contributed by atoms with van der Waals surface area (Å²) in [5, 5.41) is 16.2. The van der Waals surface area contributed by atoms with Crippen LogP contribution in [0.3, 0.4) is 0 Å². The minimum absolute atomic E-state index is 0.0550. The van der Waals surface area contributed by atoms with Gasteiger partial charge in [0.2, 0.25) is 0 Å². The van der Waals surface area contributed by atoms with Crippen LogP contribution in [0.15, 0.2) is 65.8 Å². The van der Waals surface area contributed by atoms with Gasteiger partial charge in [0.15, 0.2) is 5.65 Å². The number of hydrogen-bond donors (Lipinski definition) is 1. The number of amides is 1. The molecule has 4 aromatic rings. The molecule has 0 aliphatic carbocycles. The molecular formula is C24H21ClFN5O3. The predicted octanol–water partition coefficient (Wildman–Crippen LogP) is 3.04. The number of hydrogen-bond acceptors (Lipinski definition) is 5. The lowest BCUT2D eigenvalue weighted by Gasteiger charge is -2.38. The Morgan fingerprint density at radius 3 is 2.44 bits per heavy atom. The van der Waals surface area contributed by atoms with Crippen LogP contribution >= 0.6 is 11.6 Å². The first-order chi connectivity index (χ1) is 16.3. The lowest BCUT2D eigenvalue weighted by Crippen LogP contribution is -2.49. The fourth-order valence-electron chi connectivity index (χ4n) is 4.21. The summed E-state index contributed by atoms with van der Waals surface area (Å²) in [6, 6.07) is 12.4. The van der Waals surface area contributed by atoms with Gasteiger partial charge >= 0.3 is 0 Å². The quantitative estimate of drug-likeness (QED) is 0.483. The molecule has 174 valence electrons. The molecule has 1 aliphatic heterocycles. The average molecular weight is 482 g/mol. The Bertz CT molecular complexity index is 1410.